The van der Waals surface area contributed by atoms with Crippen molar-refractivity contribution in [1.82, 2.24) is 9.97 Å². The molecule has 1 aliphatic rings. The largest absolute Gasteiger partial charge is 0.482 e. The molecule has 0 spiro atoms. The van der Waals surface area contributed by atoms with Gasteiger partial charge in [0.25, 0.3) is 11.5 Å². The van der Waals surface area contributed by atoms with E-state index in [-0.39, 0.29) is 23.9 Å². The quantitative estimate of drug-likeness (QED) is 0.159. The van der Waals surface area contributed by atoms with Gasteiger partial charge in [0.05, 0.1) is 16.3 Å². The average molecular weight is 548 g/mol. The smallest absolute Gasteiger partial charge is 0.265 e. The molecular weight excluding hydrogens is 518 g/mol. The van der Waals surface area contributed by atoms with Crippen molar-refractivity contribution in [2.24, 2.45) is 0 Å². The minimum absolute atomic E-state index is 0.00173. The van der Waals surface area contributed by atoms with E-state index in [2.05, 4.69) is 35.9 Å². The molecule has 0 fully saturated rings. The van der Waals surface area contributed by atoms with E-state index in [1.807, 2.05) is 24.4 Å². The van der Waals surface area contributed by atoms with E-state index >= 15 is 0 Å². The Hall–Kier alpha value is -3.43. The van der Waals surface area contributed by atoms with Crippen LogP contribution in [0.25, 0.3) is 21.3 Å². The summed E-state index contributed by atoms with van der Waals surface area (Å²) in [7, 11) is 0. The molecule has 1 amide bonds. The Labute approximate surface area is 229 Å². The molecule has 1 N–H and O–H groups in total. The van der Waals surface area contributed by atoms with Crippen molar-refractivity contribution in [2.45, 2.75) is 50.4 Å². The Morgan fingerprint density at radius 2 is 1.92 bits per heavy atom. The highest BCUT2D eigenvalue weighted by atomic mass is 32.2. The highest BCUT2D eigenvalue weighted by molar-refractivity contribution is 8.00. The summed E-state index contributed by atoms with van der Waals surface area (Å²) in [6.45, 7) is 8.65. The van der Waals surface area contributed by atoms with Gasteiger partial charge in [0.1, 0.15) is 10.6 Å². The number of amides is 1. The highest BCUT2D eigenvalue weighted by Crippen LogP contribution is 2.35. The molecule has 2 aromatic carbocycles. The molecule has 38 heavy (non-hydrogen) atoms. The summed E-state index contributed by atoms with van der Waals surface area (Å²) in [5.74, 6) is 0.795. The van der Waals surface area contributed by atoms with Crippen molar-refractivity contribution in [3.8, 4) is 16.9 Å². The number of Topliss-reactive ketones (excluding diaryl/α,β-unsaturated/α-hetero) is 1. The molecule has 1 unspecified atom stereocenters. The number of hydrogen-bond acceptors (Lipinski definition) is 7. The maximum absolute atomic E-state index is 13.3. The van der Waals surface area contributed by atoms with E-state index in [1.165, 1.54) is 28.7 Å². The number of carbonyl (C=O) groups excluding carboxylic acids is 2. The van der Waals surface area contributed by atoms with Crippen LogP contribution in [0.1, 0.15) is 56.0 Å². The van der Waals surface area contributed by atoms with E-state index in [9.17, 15) is 14.4 Å². The number of aromatic amines is 1. The summed E-state index contributed by atoms with van der Waals surface area (Å²) < 4.78 is 5.55. The zero-order valence-electron chi connectivity index (χ0n) is 21.7. The molecule has 0 saturated heterocycles. The van der Waals surface area contributed by atoms with Crippen LogP contribution in [-0.2, 0) is 4.79 Å². The van der Waals surface area contributed by atoms with E-state index in [0.29, 0.717) is 44.8 Å². The van der Waals surface area contributed by atoms with Gasteiger partial charge in [-0.3, -0.25) is 14.4 Å². The first-order chi connectivity index (χ1) is 18.3. The zero-order valence-corrected chi connectivity index (χ0v) is 23.4. The number of ether oxygens (including phenoxy) is 1. The summed E-state index contributed by atoms with van der Waals surface area (Å²) in [5.41, 5.74) is 3.96. The summed E-state index contributed by atoms with van der Waals surface area (Å²) in [4.78, 5) is 48.6. The number of ketones is 1. The molecule has 1 aliphatic heterocycles. The number of H-pyrrole nitrogens is 1. The number of aromatic nitrogens is 2. The molecule has 4 aromatic rings. The lowest BCUT2D eigenvalue weighted by atomic mass is 9.99. The molecule has 196 valence electrons. The second-order valence-corrected chi connectivity index (χ2v) is 11.8. The van der Waals surface area contributed by atoms with Gasteiger partial charge >= 0.3 is 0 Å². The number of thioether (sulfide) groups is 1. The lowest BCUT2D eigenvalue weighted by Crippen LogP contribution is -2.39. The summed E-state index contributed by atoms with van der Waals surface area (Å²) in [6, 6.07) is 13.4. The fourth-order valence-corrected chi connectivity index (χ4v) is 6.40. The first kappa shape index (κ1) is 26.2. The van der Waals surface area contributed by atoms with Gasteiger partial charge in [-0.25, -0.2) is 4.98 Å². The Bertz CT molecular complexity index is 1570. The first-order valence-electron chi connectivity index (χ1n) is 12.7. The number of nitrogens with zero attached hydrogens (tertiary/aromatic N) is 2. The fourth-order valence-electron chi connectivity index (χ4n) is 4.52. The van der Waals surface area contributed by atoms with Crippen molar-refractivity contribution in [1.29, 1.82) is 0 Å². The fraction of sp³-hybridized carbons (Fsp3) is 0.310. The number of hydrogen-bond donors (Lipinski definition) is 1. The highest BCUT2D eigenvalue weighted by Gasteiger charge is 2.27. The molecule has 1 atom stereocenters. The van der Waals surface area contributed by atoms with Gasteiger partial charge in [0, 0.05) is 23.1 Å². The van der Waals surface area contributed by atoms with Crippen molar-refractivity contribution in [3.63, 3.8) is 0 Å². The van der Waals surface area contributed by atoms with Gasteiger partial charge in [-0.15, -0.1) is 11.3 Å². The minimum atomic E-state index is -0.503. The van der Waals surface area contributed by atoms with Gasteiger partial charge in [-0.1, -0.05) is 56.8 Å². The van der Waals surface area contributed by atoms with Gasteiger partial charge < -0.3 is 14.6 Å². The predicted molar refractivity (Wildman–Crippen MR) is 154 cm³/mol. The molecule has 7 nitrogen and oxygen atoms in total. The molecule has 9 heteroatoms. The van der Waals surface area contributed by atoms with Gasteiger partial charge in [-0.05, 0) is 48.6 Å². The molecule has 0 saturated carbocycles. The van der Waals surface area contributed by atoms with Crippen LogP contribution in [-0.4, -0.2) is 40.1 Å². The van der Waals surface area contributed by atoms with E-state index in [4.69, 9.17) is 4.74 Å². The Morgan fingerprint density at radius 3 is 2.63 bits per heavy atom. The molecule has 2 aromatic heterocycles. The second-order valence-electron chi connectivity index (χ2n) is 9.62. The number of nitrogens with one attached hydrogen (secondary N) is 1. The number of thiophene rings is 1. The van der Waals surface area contributed by atoms with Crippen molar-refractivity contribution in [2.75, 3.05) is 18.1 Å². The lowest BCUT2D eigenvalue weighted by Gasteiger charge is -2.29. The lowest BCUT2D eigenvalue weighted by molar-refractivity contribution is -0.121. The summed E-state index contributed by atoms with van der Waals surface area (Å²) in [6.07, 6.45) is 0.796. The standard InChI is InChI=1S/C29H29N3O4S2/c1-5-12-32-22-13-20(10-11-23(22)36-14-24(32)33)26(34)17(4)38-29-30-27(35)25-21(15-37-28(25)31-29)19-8-6-18(7-9-19)16(2)3/h6-11,13,15-17H,5,12,14H2,1-4H3,(H,30,31,35). The monoisotopic (exact) mass is 547 g/mol. The molecular formula is C29H29N3O4S2. The number of carbonyl (C=O) groups is 2. The topological polar surface area (TPSA) is 92.4 Å². The first-order valence-corrected chi connectivity index (χ1v) is 14.4. The number of rotatable bonds is 8. The predicted octanol–water partition coefficient (Wildman–Crippen LogP) is 6.27. The number of benzene rings is 2. The molecule has 0 bridgehead atoms. The van der Waals surface area contributed by atoms with Crippen LogP contribution >= 0.6 is 23.1 Å². The van der Waals surface area contributed by atoms with E-state index < -0.39 is 5.25 Å². The van der Waals surface area contributed by atoms with Gasteiger partial charge in [0.2, 0.25) is 0 Å². The Morgan fingerprint density at radius 1 is 1.16 bits per heavy atom. The SMILES string of the molecule is CCCN1C(=O)COc2ccc(C(=O)C(C)Sc3nc4scc(-c5ccc(C(C)C)cc5)c4c(=O)[nH]3)cc21. The molecule has 0 aliphatic carbocycles. The van der Waals surface area contributed by atoms with Gasteiger partial charge in [0.15, 0.2) is 17.5 Å². The summed E-state index contributed by atoms with van der Waals surface area (Å²) in [5, 5.41) is 2.41. The van der Waals surface area contributed by atoms with Crippen LogP contribution < -0.4 is 15.2 Å². The third kappa shape index (κ3) is 5.00. The van der Waals surface area contributed by atoms with Crippen LogP contribution in [0, 0.1) is 0 Å². The van der Waals surface area contributed by atoms with Crippen LogP contribution in [0.2, 0.25) is 0 Å². The van der Waals surface area contributed by atoms with E-state index in [1.54, 1.807) is 30.0 Å². The number of fused-ring (bicyclic) bond motifs is 2. The molecule has 0 radical (unpaired) electrons. The van der Waals surface area contributed by atoms with Crippen molar-refractivity contribution in [3.05, 3.63) is 69.3 Å². The van der Waals surface area contributed by atoms with Crippen LogP contribution in [0.4, 0.5) is 5.69 Å². The number of anilines is 1. The second kappa shape index (κ2) is 10.7. The van der Waals surface area contributed by atoms with E-state index in [0.717, 1.165) is 17.5 Å². The Balaban J connectivity index is 1.38. The van der Waals surface area contributed by atoms with Crippen LogP contribution in [0.5, 0.6) is 5.75 Å². The maximum atomic E-state index is 13.3. The molecule has 3 heterocycles. The Kier molecular flexibility index (Phi) is 7.40. The third-order valence-electron chi connectivity index (χ3n) is 6.60. The van der Waals surface area contributed by atoms with Crippen molar-refractivity contribution >= 4 is 50.7 Å². The average Bonchev–Trinajstić information content (AvgIpc) is 3.34. The normalized spacial score (nSPS) is 14.0. The molecule has 5 rings (SSSR count). The zero-order chi connectivity index (χ0) is 27.0. The maximum Gasteiger partial charge on any atom is 0.265 e. The summed E-state index contributed by atoms with van der Waals surface area (Å²) >= 11 is 2.63. The minimum Gasteiger partial charge on any atom is -0.482 e. The van der Waals surface area contributed by atoms with Crippen molar-refractivity contribution < 1.29 is 14.3 Å². The van der Waals surface area contributed by atoms with Crippen LogP contribution in [0.3, 0.4) is 0 Å². The van der Waals surface area contributed by atoms with Crippen LogP contribution in [0.15, 0.2) is 57.8 Å². The van der Waals surface area contributed by atoms with Gasteiger partial charge in [-0.2, -0.15) is 0 Å². The third-order valence-corrected chi connectivity index (χ3v) is 8.46.